The van der Waals surface area contributed by atoms with Gasteiger partial charge in [0.2, 0.25) is 11.8 Å². The fraction of sp³-hybridized carbons (Fsp3) is 0.440. The van der Waals surface area contributed by atoms with Crippen molar-refractivity contribution in [1.29, 1.82) is 0 Å². The second-order valence-corrected chi connectivity index (χ2v) is 9.12. The maximum Gasteiger partial charge on any atom is 0.487 e. The van der Waals surface area contributed by atoms with Gasteiger partial charge in [0.15, 0.2) is 0 Å². The summed E-state index contributed by atoms with van der Waals surface area (Å²) in [5.41, 5.74) is 2.71. The number of nitrogens with zero attached hydrogens (tertiary/aromatic N) is 1. The molecule has 166 valence electrons. The summed E-state index contributed by atoms with van der Waals surface area (Å²) in [6.07, 6.45) is 2.05. The minimum absolute atomic E-state index is 0.0699. The number of amides is 2. The van der Waals surface area contributed by atoms with Gasteiger partial charge >= 0.3 is 7.12 Å². The molecule has 6 nitrogen and oxygen atoms in total. The molecular formula is C25H28BNO5. The number of benzene rings is 2. The molecule has 0 spiro atoms. The SMILES string of the molecule is CCCN1C(=O)[C@H]2[C@H](CC(CC)=C3B(O)O[C@H](c4ccc(O)c5ccccc45)C[C@H]32)C1=O. The summed E-state index contributed by atoms with van der Waals surface area (Å²) >= 11 is 0. The Morgan fingerprint density at radius 1 is 1.06 bits per heavy atom. The summed E-state index contributed by atoms with van der Waals surface area (Å²) < 4.78 is 6.11. The van der Waals surface area contributed by atoms with Crippen molar-refractivity contribution < 1.29 is 24.4 Å². The summed E-state index contributed by atoms with van der Waals surface area (Å²) in [7, 11) is -1.11. The maximum absolute atomic E-state index is 13.3. The van der Waals surface area contributed by atoms with E-state index < -0.39 is 19.1 Å². The van der Waals surface area contributed by atoms with Crippen LogP contribution in [0.25, 0.3) is 10.8 Å². The molecule has 0 bridgehead atoms. The number of carbonyl (C=O) groups is 2. The number of likely N-dealkylation sites (tertiary alicyclic amines) is 1. The van der Waals surface area contributed by atoms with Crippen LogP contribution in [0.15, 0.2) is 47.4 Å². The van der Waals surface area contributed by atoms with Crippen LogP contribution in [-0.2, 0) is 14.2 Å². The molecule has 2 amide bonds. The highest BCUT2D eigenvalue weighted by molar-refractivity contribution is 6.53. The third-order valence-electron chi connectivity index (χ3n) is 7.46. The highest BCUT2D eigenvalue weighted by atomic mass is 16.5. The lowest BCUT2D eigenvalue weighted by Gasteiger charge is -2.42. The summed E-state index contributed by atoms with van der Waals surface area (Å²) in [5.74, 6) is -1.01. The number of phenols is 1. The van der Waals surface area contributed by atoms with Crippen LogP contribution in [0.3, 0.4) is 0 Å². The Kier molecular flexibility index (Phi) is 5.34. The van der Waals surface area contributed by atoms with Crippen molar-refractivity contribution >= 4 is 29.7 Å². The summed E-state index contributed by atoms with van der Waals surface area (Å²) in [6.45, 7) is 4.43. The molecule has 5 rings (SSSR count). The van der Waals surface area contributed by atoms with Gasteiger partial charge < -0.3 is 14.8 Å². The van der Waals surface area contributed by atoms with Gasteiger partial charge in [-0.05, 0) is 54.1 Å². The van der Waals surface area contributed by atoms with Gasteiger partial charge in [0, 0.05) is 11.9 Å². The number of hydrogen-bond donors (Lipinski definition) is 2. The van der Waals surface area contributed by atoms with Crippen LogP contribution in [0, 0.1) is 17.8 Å². The average molecular weight is 433 g/mol. The van der Waals surface area contributed by atoms with Crippen LogP contribution in [0.5, 0.6) is 5.75 Å². The van der Waals surface area contributed by atoms with E-state index in [1.54, 1.807) is 6.07 Å². The van der Waals surface area contributed by atoms with Crippen molar-refractivity contribution in [3.05, 3.63) is 53.0 Å². The molecule has 7 heteroatoms. The van der Waals surface area contributed by atoms with E-state index >= 15 is 0 Å². The van der Waals surface area contributed by atoms with E-state index in [0.29, 0.717) is 19.4 Å². The summed E-state index contributed by atoms with van der Waals surface area (Å²) in [6, 6.07) is 11.0. The lowest BCUT2D eigenvalue weighted by Crippen LogP contribution is -2.44. The fourth-order valence-corrected chi connectivity index (χ4v) is 6.05. The smallest absolute Gasteiger partial charge is 0.487 e. The quantitative estimate of drug-likeness (QED) is 0.567. The zero-order valence-corrected chi connectivity index (χ0v) is 18.5. The van der Waals surface area contributed by atoms with Gasteiger partial charge in [-0.3, -0.25) is 14.5 Å². The number of imide groups is 1. The normalized spacial score (nSPS) is 27.8. The highest BCUT2D eigenvalue weighted by Gasteiger charge is 2.57. The zero-order valence-electron chi connectivity index (χ0n) is 18.5. The standard InChI is InChI=1S/C25H28BNO5/c1-3-11-27-24(29)19-12-14(4-2)23-18(22(19)25(27)30)13-21(32-26(23)31)17-9-10-20(28)16-8-6-5-7-15(16)17/h5-10,18-19,21-22,28,31H,3-4,11-13H2,1-2H3/t18-,19-,21-,22+/m0/s1. The summed E-state index contributed by atoms with van der Waals surface area (Å²) in [5, 5.41) is 22.9. The molecule has 2 aromatic carbocycles. The molecule has 2 aromatic rings. The van der Waals surface area contributed by atoms with Crippen molar-refractivity contribution in [3.8, 4) is 5.75 Å². The molecule has 3 aliphatic rings. The number of hydrogen-bond acceptors (Lipinski definition) is 5. The average Bonchev–Trinajstić information content (AvgIpc) is 3.03. The van der Waals surface area contributed by atoms with E-state index in [4.69, 9.17) is 4.65 Å². The Labute approximate surface area is 188 Å². The minimum Gasteiger partial charge on any atom is -0.507 e. The highest BCUT2D eigenvalue weighted by Crippen LogP contribution is 2.52. The van der Waals surface area contributed by atoms with Crippen LogP contribution in [0.4, 0.5) is 0 Å². The number of carbonyl (C=O) groups excluding carboxylic acids is 2. The Bertz CT molecular complexity index is 1130. The molecule has 4 atom stereocenters. The molecule has 0 radical (unpaired) electrons. The predicted molar refractivity (Wildman–Crippen MR) is 121 cm³/mol. The Morgan fingerprint density at radius 2 is 1.81 bits per heavy atom. The third kappa shape index (κ3) is 3.10. The van der Waals surface area contributed by atoms with Gasteiger partial charge in [-0.1, -0.05) is 49.8 Å². The molecule has 2 heterocycles. The molecule has 32 heavy (non-hydrogen) atoms. The molecule has 2 saturated heterocycles. The number of aromatic hydroxyl groups is 1. The van der Waals surface area contributed by atoms with Gasteiger partial charge in [-0.25, -0.2) is 0 Å². The predicted octanol–water partition coefficient (Wildman–Crippen LogP) is 3.76. The van der Waals surface area contributed by atoms with Gasteiger partial charge in [-0.2, -0.15) is 0 Å². The van der Waals surface area contributed by atoms with Crippen LogP contribution in [-0.4, -0.2) is 40.5 Å². The minimum atomic E-state index is -1.11. The van der Waals surface area contributed by atoms with E-state index in [1.807, 2.05) is 44.2 Å². The second-order valence-electron chi connectivity index (χ2n) is 9.12. The molecular weight excluding hydrogens is 405 g/mol. The van der Waals surface area contributed by atoms with Crippen molar-refractivity contribution in [2.45, 2.75) is 45.6 Å². The van der Waals surface area contributed by atoms with Gasteiger partial charge in [0.1, 0.15) is 5.75 Å². The van der Waals surface area contributed by atoms with Crippen LogP contribution < -0.4 is 0 Å². The van der Waals surface area contributed by atoms with E-state index in [0.717, 1.165) is 40.2 Å². The first-order valence-corrected chi connectivity index (χ1v) is 11.6. The first kappa shape index (κ1) is 21.2. The molecule has 2 aliphatic heterocycles. The van der Waals surface area contributed by atoms with E-state index in [1.165, 1.54) is 4.90 Å². The van der Waals surface area contributed by atoms with E-state index in [2.05, 4.69) is 0 Å². The lowest BCUT2D eigenvalue weighted by atomic mass is 9.55. The third-order valence-corrected chi connectivity index (χ3v) is 7.46. The van der Waals surface area contributed by atoms with E-state index in [-0.39, 0.29) is 29.4 Å². The van der Waals surface area contributed by atoms with Crippen molar-refractivity contribution in [3.63, 3.8) is 0 Å². The van der Waals surface area contributed by atoms with Crippen molar-refractivity contribution in [1.82, 2.24) is 4.90 Å². The van der Waals surface area contributed by atoms with Crippen molar-refractivity contribution in [2.75, 3.05) is 6.54 Å². The van der Waals surface area contributed by atoms with Crippen LogP contribution >= 0.6 is 0 Å². The molecule has 0 saturated carbocycles. The number of fused-ring (bicyclic) bond motifs is 4. The second kappa shape index (κ2) is 8.05. The Morgan fingerprint density at radius 3 is 2.53 bits per heavy atom. The number of phenolic OH excluding ortho intramolecular Hbond substituents is 1. The molecule has 2 fully saturated rings. The monoisotopic (exact) mass is 433 g/mol. The van der Waals surface area contributed by atoms with Crippen LogP contribution in [0.1, 0.15) is 51.2 Å². The lowest BCUT2D eigenvalue weighted by molar-refractivity contribution is -0.140. The number of allylic oxidation sites excluding steroid dienone is 2. The first-order chi connectivity index (χ1) is 15.5. The fourth-order valence-electron chi connectivity index (χ4n) is 6.05. The van der Waals surface area contributed by atoms with Crippen molar-refractivity contribution in [2.24, 2.45) is 17.8 Å². The largest absolute Gasteiger partial charge is 0.507 e. The Hall–Kier alpha value is -2.64. The summed E-state index contributed by atoms with van der Waals surface area (Å²) in [4.78, 5) is 27.8. The van der Waals surface area contributed by atoms with Gasteiger partial charge in [0.25, 0.3) is 0 Å². The Balaban J connectivity index is 1.58. The van der Waals surface area contributed by atoms with Gasteiger partial charge in [0.05, 0.1) is 17.9 Å². The topological polar surface area (TPSA) is 87.1 Å². The molecule has 0 unspecified atom stereocenters. The van der Waals surface area contributed by atoms with Gasteiger partial charge in [-0.15, -0.1) is 0 Å². The molecule has 0 aromatic heterocycles. The molecule has 2 N–H and O–H groups in total. The maximum atomic E-state index is 13.3. The first-order valence-electron chi connectivity index (χ1n) is 11.6. The van der Waals surface area contributed by atoms with E-state index in [9.17, 15) is 19.7 Å². The van der Waals surface area contributed by atoms with Crippen LogP contribution in [0.2, 0.25) is 0 Å². The molecule has 1 aliphatic carbocycles. The zero-order chi connectivity index (χ0) is 22.6. The number of rotatable bonds is 4.